The second-order valence-corrected chi connectivity index (χ2v) is 7.53. The molecule has 3 heterocycles. The van der Waals surface area contributed by atoms with Gasteiger partial charge in [-0.25, -0.2) is 0 Å². The summed E-state index contributed by atoms with van der Waals surface area (Å²) in [5, 5.41) is 11.6. The minimum Gasteiger partial charge on any atom is -0.327 e. The first-order chi connectivity index (χ1) is 14.8. The minimum absolute atomic E-state index is 0.000947. The number of fused-ring (bicyclic) bond motifs is 1. The van der Waals surface area contributed by atoms with E-state index in [4.69, 9.17) is 0 Å². The predicted octanol–water partition coefficient (Wildman–Crippen LogP) is 3.39. The van der Waals surface area contributed by atoms with Gasteiger partial charge in [0.05, 0.1) is 5.69 Å². The molecule has 1 amide bonds. The van der Waals surface area contributed by atoms with Crippen LogP contribution in [0.2, 0.25) is 0 Å². The Bertz CT molecular complexity index is 1070. The Morgan fingerprint density at radius 3 is 2.55 bits per heavy atom. The highest BCUT2D eigenvalue weighted by molar-refractivity contribution is 5.77. The van der Waals surface area contributed by atoms with Crippen LogP contribution in [0.1, 0.15) is 47.9 Å². The molecule has 1 atom stereocenters. The van der Waals surface area contributed by atoms with E-state index in [1.54, 1.807) is 29.2 Å². The van der Waals surface area contributed by atoms with Gasteiger partial charge >= 0.3 is 6.18 Å². The van der Waals surface area contributed by atoms with Crippen molar-refractivity contribution in [3.8, 4) is 0 Å². The molecule has 0 N–H and O–H groups in total. The van der Waals surface area contributed by atoms with Crippen LogP contribution in [-0.4, -0.2) is 41.9 Å². The number of carbonyl (C=O) groups excluding carboxylic acids is 1. The van der Waals surface area contributed by atoms with Gasteiger partial charge < -0.3 is 9.47 Å². The molecular weight excluding hydrogens is 409 g/mol. The molecule has 4 rings (SSSR count). The molecular formula is C21H23F3N6O. The van der Waals surface area contributed by atoms with E-state index in [9.17, 15) is 18.0 Å². The summed E-state index contributed by atoms with van der Waals surface area (Å²) in [7, 11) is 0. The number of rotatable bonds is 5. The highest BCUT2D eigenvalue weighted by Gasteiger charge is 2.43. The van der Waals surface area contributed by atoms with Crippen LogP contribution < -0.4 is 0 Å². The van der Waals surface area contributed by atoms with Crippen molar-refractivity contribution >= 4 is 5.91 Å². The van der Waals surface area contributed by atoms with E-state index in [0.717, 1.165) is 22.4 Å². The lowest BCUT2D eigenvalue weighted by molar-refractivity contribution is -0.148. The summed E-state index contributed by atoms with van der Waals surface area (Å²) in [6.45, 7) is 4.79. The van der Waals surface area contributed by atoms with E-state index < -0.39 is 18.0 Å². The van der Waals surface area contributed by atoms with Crippen molar-refractivity contribution in [1.82, 2.24) is 29.4 Å². The highest BCUT2D eigenvalue weighted by atomic mass is 19.4. The van der Waals surface area contributed by atoms with Crippen molar-refractivity contribution in [1.29, 1.82) is 0 Å². The van der Waals surface area contributed by atoms with Crippen LogP contribution in [0.25, 0.3) is 0 Å². The zero-order valence-electron chi connectivity index (χ0n) is 17.3. The van der Waals surface area contributed by atoms with Crippen molar-refractivity contribution in [2.45, 2.75) is 52.0 Å². The van der Waals surface area contributed by atoms with Gasteiger partial charge in [-0.05, 0) is 31.4 Å². The van der Waals surface area contributed by atoms with Gasteiger partial charge in [0.25, 0.3) is 0 Å². The summed E-state index contributed by atoms with van der Waals surface area (Å²) in [5.74, 6) is -1.04. The summed E-state index contributed by atoms with van der Waals surface area (Å²) in [6, 6.07) is 8.26. The van der Waals surface area contributed by atoms with Gasteiger partial charge in [0, 0.05) is 32.3 Å². The maximum atomic E-state index is 13.4. The number of amides is 1. The van der Waals surface area contributed by atoms with E-state index in [-0.39, 0.29) is 31.2 Å². The molecule has 2 aromatic heterocycles. The third kappa shape index (κ3) is 4.06. The van der Waals surface area contributed by atoms with Crippen LogP contribution >= 0.6 is 0 Å². The smallest absolute Gasteiger partial charge is 0.327 e. The summed E-state index contributed by atoms with van der Waals surface area (Å²) in [4.78, 5) is 14.8. The van der Waals surface area contributed by atoms with Crippen molar-refractivity contribution < 1.29 is 18.0 Å². The molecule has 0 bridgehead atoms. The first-order valence-corrected chi connectivity index (χ1v) is 10.2. The number of carbonyl (C=O) groups is 1. The van der Waals surface area contributed by atoms with Gasteiger partial charge in [0.15, 0.2) is 5.82 Å². The summed E-state index contributed by atoms with van der Waals surface area (Å²) >= 11 is 0. The molecule has 1 unspecified atom stereocenters. The van der Waals surface area contributed by atoms with Gasteiger partial charge in [0.2, 0.25) is 11.7 Å². The van der Waals surface area contributed by atoms with Crippen LogP contribution in [-0.2, 0) is 30.5 Å². The fourth-order valence-electron chi connectivity index (χ4n) is 4.01. The van der Waals surface area contributed by atoms with E-state index >= 15 is 0 Å². The van der Waals surface area contributed by atoms with Crippen molar-refractivity contribution in [2.24, 2.45) is 0 Å². The van der Waals surface area contributed by atoms with Gasteiger partial charge in [-0.2, -0.15) is 18.3 Å². The Kier molecular flexibility index (Phi) is 5.55. The zero-order valence-corrected chi connectivity index (χ0v) is 17.3. The van der Waals surface area contributed by atoms with Gasteiger partial charge in [0.1, 0.15) is 6.04 Å². The first-order valence-electron chi connectivity index (χ1n) is 10.2. The lowest BCUT2D eigenvalue weighted by Crippen LogP contribution is -2.43. The van der Waals surface area contributed by atoms with E-state index in [1.807, 2.05) is 30.8 Å². The third-order valence-corrected chi connectivity index (χ3v) is 5.57. The van der Waals surface area contributed by atoms with Gasteiger partial charge in [-0.3, -0.25) is 9.48 Å². The molecule has 0 fully saturated rings. The second kappa shape index (κ2) is 8.16. The number of benzene rings is 1. The van der Waals surface area contributed by atoms with Crippen LogP contribution in [0.3, 0.4) is 0 Å². The van der Waals surface area contributed by atoms with Crippen molar-refractivity contribution in [2.75, 3.05) is 6.54 Å². The van der Waals surface area contributed by atoms with Crippen LogP contribution in [0.4, 0.5) is 13.2 Å². The molecule has 3 aromatic rings. The quantitative estimate of drug-likeness (QED) is 0.620. The van der Waals surface area contributed by atoms with E-state index in [1.165, 1.54) is 0 Å². The Morgan fingerprint density at radius 2 is 1.90 bits per heavy atom. The average molecular weight is 432 g/mol. The number of alkyl halides is 3. The molecule has 0 aliphatic carbocycles. The summed E-state index contributed by atoms with van der Waals surface area (Å²) in [5.41, 5.74) is 2.57. The monoisotopic (exact) mass is 432 g/mol. The molecule has 1 aliphatic heterocycles. The molecule has 0 radical (unpaired) electrons. The number of halogens is 3. The maximum absolute atomic E-state index is 13.4. The SMILES string of the molecule is CCn1cc(CCC(=O)N2CCn3c(nnc3C(F)(F)F)C2c2ccccc2)c(C)n1. The fourth-order valence-corrected chi connectivity index (χ4v) is 4.01. The van der Waals surface area contributed by atoms with E-state index in [2.05, 4.69) is 15.3 Å². The number of aryl methyl sites for hydroxylation is 3. The maximum Gasteiger partial charge on any atom is 0.451 e. The second-order valence-electron chi connectivity index (χ2n) is 7.53. The molecule has 7 nitrogen and oxygen atoms in total. The molecule has 1 aliphatic rings. The normalized spacial score (nSPS) is 16.4. The van der Waals surface area contributed by atoms with Gasteiger partial charge in [-0.15, -0.1) is 10.2 Å². The number of nitrogens with zero attached hydrogens (tertiary/aromatic N) is 6. The zero-order chi connectivity index (χ0) is 22.2. The Hall–Kier alpha value is -3.17. The van der Waals surface area contributed by atoms with Crippen molar-refractivity contribution in [3.05, 3.63) is 65.0 Å². The molecule has 0 saturated heterocycles. The standard InChI is InChI=1S/C21H23F3N6O/c1-3-28-13-16(14(2)27-28)9-10-17(31)29-11-12-30-19(25-26-20(30)21(22,23)24)18(29)15-7-5-4-6-8-15/h4-8,13,18H,3,9-12H2,1-2H3. The number of hydrogen-bond donors (Lipinski definition) is 0. The fraction of sp³-hybridized carbons (Fsp3) is 0.429. The Morgan fingerprint density at radius 1 is 1.16 bits per heavy atom. The largest absolute Gasteiger partial charge is 0.451 e. The lowest BCUT2D eigenvalue weighted by Gasteiger charge is -2.36. The van der Waals surface area contributed by atoms with Gasteiger partial charge in [-0.1, -0.05) is 30.3 Å². The first kappa shape index (κ1) is 21.1. The predicted molar refractivity (Wildman–Crippen MR) is 106 cm³/mol. The average Bonchev–Trinajstić information content (AvgIpc) is 3.35. The number of aromatic nitrogens is 5. The topological polar surface area (TPSA) is 68.8 Å². The Labute approximate surface area is 177 Å². The Balaban J connectivity index is 1.62. The summed E-state index contributed by atoms with van der Waals surface area (Å²) in [6.07, 6.45) is -1.92. The van der Waals surface area contributed by atoms with E-state index in [0.29, 0.717) is 12.0 Å². The molecule has 0 spiro atoms. The lowest BCUT2D eigenvalue weighted by atomic mass is 10.0. The highest BCUT2D eigenvalue weighted by Crippen LogP contribution is 2.36. The van der Waals surface area contributed by atoms with Crippen molar-refractivity contribution in [3.63, 3.8) is 0 Å². The molecule has 31 heavy (non-hydrogen) atoms. The molecule has 0 saturated carbocycles. The van der Waals surface area contributed by atoms with Crippen LogP contribution in [0.5, 0.6) is 0 Å². The molecule has 10 heteroatoms. The third-order valence-electron chi connectivity index (χ3n) is 5.57. The number of hydrogen-bond acceptors (Lipinski definition) is 4. The molecule has 1 aromatic carbocycles. The summed E-state index contributed by atoms with van der Waals surface area (Å²) < 4.78 is 43.0. The minimum atomic E-state index is -4.60. The van der Waals surface area contributed by atoms with Crippen LogP contribution in [0.15, 0.2) is 36.5 Å². The molecule has 164 valence electrons. The van der Waals surface area contributed by atoms with Crippen LogP contribution in [0, 0.1) is 6.92 Å².